The fourth-order valence-corrected chi connectivity index (χ4v) is 1.88. The normalized spacial score (nSPS) is 14.8. The van der Waals surface area contributed by atoms with E-state index in [-0.39, 0.29) is 42.3 Å². The van der Waals surface area contributed by atoms with E-state index in [9.17, 15) is 20.0 Å². The van der Waals surface area contributed by atoms with Crippen molar-refractivity contribution in [3.63, 3.8) is 0 Å². The van der Waals surface area contributed by atoms with Crippen LogP contribution in [-0.4, -0.2) is 35.2 Å². The molecule has 0 unspecified atom stereocenters. The van der Waals surface area contributed by atoms with Crippen LogP contribution in [-0.2, 0) is 4.79 Å². The molecule has 0 saturated heterocycles. The highest BCUT2D eigenvalue weighted by atomic mass is 16.6. The SMILES string of the molecule is CC[C@@H](CO)Nc1cc2c(cc1[N+](=O)[O-])OCC(=O)N2. The van der Waals surface area contributed by atoms with Gasteiger partial charge in [0, 0.05) is 6.04 Å². The number of nitro groups is 1. The molecule has 0 fully saturated rings. The number of nitrogens with one attached hydrogen (secondary N) is 2. The lowest BCUT2D eigenvalue weighted by Crippen LogP contribution is -2.26. The van der Waals surface area contributed by atoms with Crippen LogP contribution in [0, 0.1) is 10.1 Å². The smallest absolute Gasteiger partial charge is 0.296 e. The molecule has 0 spiro atoms. The van der Waals surface area contributed by atoms with E-state index >= 15 is 0 Å². The first-order chi connectivity index (χ1) is 9.55. The molecule has 0 aromatic heterocycles. The molecule has 1 amide bonds. The third-order valence-electron chi connectivity index (χ3n) is 3.00. The number of aliphatic hydroxyl groups is 1. The second-order valence-corrected chi connectivity index (χ2v) is 4.39. The first-order valence-electron chi connectivity index (χ1n) is 6.17. The van der Waals surface area contributed by atoms with Gasteiger partial charge in [-0.3, -0.25) is 14.9 Å². The topological polar surface area (TPSA) is 114 Å². The molecule has 1 aliphatic heterocycles. The molecule has 0 bridgehead atoms. The fourth-order valence-electron chi connectivity index (χ4n) is 1.88. The summed E-state index contributed by atoms with van der Waals surface area (Å²) in [5.74, 6) is -0.0506. The van der Waals surface area contributed by atoms with E-state index in [1.807, 2.05) is 6.92 Å². The molecule has 1 heterocycles. The molecule has 8 nitrogen and oxygen atoms in total. The van der Waals surface area contributed by atoms with Gasteiger partial charge < -0.3 is 20.5 Å². The fraction of sp³-hybridized carbons (Fsp3) is 0.417. The zero-order valence-electron chi connectivity index (χ0n) is 10.9. The molecule has 0 aliphatic carbocycles. The number of hydrogen-bond acceptors (Lipinski definition) is 6. The number of ether oxygens (including phenoxy) is 1. The highest BCUT2D eigenvalue weighted by Gasteiger charge is 2.24. The van der Waals surface area contributed by atoms with Gasteiger partial charge >= 0.3 is 0 Å². The molecule has 1 aliphatic rings. The minimum absolute atomic E-state index is 0.145. The van der Waals surface area contributed by atoms with Gasteiger partial charge in [0.25, 0.3) is 11.6 Å². The summed E-state index contributed by atoms with van der Waals surface area (Å²) in [5, 5.41) is 25.7. The van der Waals surface area contributed by atoms with Crippen molar-refractivity contribution in [2.75, 3.05) is 23.8 Å². The van der Waals surface area contributed by atoms with Crippen LogP contribution in [0.4, 0.5) is 17.1 Å². The predicted molar refractivity (Wildman–Crippen MR) is 72.0 cm³/mol. The Morgan fingerprint density at radius 1 is 1.60 bits per heavy atom. The van der Waals surface area contributed by atoms with Crippen LogP contribution >= 0.6 is 0 Å². The Morgan fingerprint density at radius 3 is 2.95 bits per heavy atom. The summed E-state index contributed by atoms with van der Waals surface area (Å²) in [6.07, 6.45) is 0.605. The first kappa shape index (κ1) is 14.1. The molecule has 1 atom stereocenters. The van der Waals surface area contributed by atoms with Crippen molar-refractivity contribution in [2.24, 2.45) is 0 Å². The maximum Gasteiger partial charge on any atom is 0.296 e. The van der Waals surface area contributed by atoms with Gasteiger partial charge in [-0.2, -0.15) is 0 Å². The molecule has 0 saturated carbocycles. The third kappa shape index (κ3) is 2.80. The standard InChI is InChI=1S/C12H15N3O5/c1-2-7(5-16)13-8-3-9-11(4-10(8)15(18)19)20-6-12(17)14-9/h3-4,7,13,16H,2,5-6H2,1H3,(H,14,17)/t7-/m0/s1. The van der Waals surface area contributed by atoms with Crippen LogP contribution in [0.15, 0.2) is 12.1 Å². The summed E-state index contributed by atoms with van der Waals surface area (Å²) in [6, 6.07) is 2.41. The van der Waals surface area contributed by atoms with Crippen LogP contribution in [0.25, 0.3) is 0 Å². The van der Waals surface area contributed by atoms with Crippen LogP contribution in [0.5, 0.6) is 5.75 Å². The number of aliphatic hydroxyl groups excluding tert-OH is 1. The highest BCUT2D eigenvalue weighted by Crippen LogP contribution is 2.38. The molecule has 1 aromatic rings. The molecule has 108 valence electrons. The Balaban J connectivity index is 2.40. The molecule has 2 rings (SSSR count). The second-order valence-electron chi connectivity index (χ2n) is 4.39. The largest absolute Gasteiger partial charge is 0.481 e. The van der Waals surface area contributed by atoms with Crippen molar-refractivity contribution in [2.45, 2.75) is 19.4 Å². The molecule has 8 heteroatoms. The summed E-state index contributed by atoms with van der Waals surface area (Å²) in [7, 11) is 0. The summed E-state index contributed by atoms with van der Waals surface area (Å²) in [4.78, 5) is 21.8. The minimum Gasteiger partial charge on any atom is -0.481 e. The van der Waals surface area contributed by atoms with Gasteiger partial charge in [0.05, 0.1) is 23.3 Å². The van der Waals surface area contributed by atoms with Crippen LogP contribution in [0.2, 0.25) is 0 Å². The summed E-state index contributed by atoms with van der Waals surface area (Å²) >= 11 is 0. The number of anilines is 2. The van der Waals surface area contributed by atoms with Crippen molar-refractivity contribution >= 4 is 23.0 Å². The van der Waals surface area contributed by atoms with Crippen LogP contribution < -0.4 is 15.4 Å². The average molecular weight is 281 g/mol. The van der Waals surface area contributed by atoms with E-state index in [4.69, 9.17) is 4.74 Å². The average Bonchev–Trinajstić information content (AvgIpc) is 2.43. The number of nitrogens with zero attached hydrogens (tertiary/aromatic N) is 1. The molecular formula is C12H15N3O5. The summed E-state index contributed by atoms with van der Waals surface area (Å²) < 4.78 is 5.15. The van der Waals surface area contributed by atoms with Gasteiger partial charge in [0.15, 0.2) is 12.4 Å². The van der Waals surface area contributed by atoms with Gasteiger partial charge in [0.2, 0.25) is 0 Å². The number of rotatable bonds is 5. The van der Waals surface area contributed by atoms with E-state index in [1.165, 1.54) is 12.1 Å². The minimum atomic E-state index is -0.535. The number of amides is 1. The summed E-state index contributed by atoms with van der Waals surface area (Å²) in [6.45, 7) is 1.54. The van der Waals surface area contributed by atoms with Crippen molar-refractivity contribution in [1.29, 1.82) is 0 Å². The van der Waals surface area contributed by atoms with Crippen molar-refractivity contribution in [3.05, 3.63) is 22.2 Å². The van der Waals surface area contributed by atoms with Crippen LogP contribution in [0.1, 0.15) is 13.3 Å². The third-order valence-corrected chi connectivity index (χ3v) is 3.00. The Bertz CT molecular complexity index is 542. The number of carbonyl (C=O) groups excluding carboxylic acids is 1. The molecule has 0 radical (unpaired) electrons. The number of benzene rings is 1. The van der Waals surface area contributed by atoms with E-state index in [1.54, 1.807) is 0 Å². The first-order valence-corrected chi connectivity index (χ1v) is 6.17. The van der Waals surface area contributed by atoms with Crippen molar-refractivity contribution in [1.82, 2.24) is 0 Å². The van der Waals surface area contributed by atoms with Gasteiger partial charge in [-0.15, -0.1) is 0 Å². The van der Waals surface area contributed by atoms with Crippen LogP contribution in [0.3, 0.4) is 0 Å². The Hall–Kier alpha value is -2.35. The van der Waals surface area contributed by atoms with Gasteiger partial charge in [-0.25, -0.2) is 0 Å². The van der Waals surface area contributed by atoms with Crippen molar-refractivity contribution < 1.29 is 19.6 Å². The van der Waals surface area contributed by atoms with Gasteiger partial charge in [0.1, 0.15) is 5.69 Å². The molecule has 1 aromatic carbocycles. The number of nitro benzene ring substituents is 1. The lowest BCUT2D eigenvalue weighted by atomic mass is 10.1. The zero-order chi connectivity index (χ0) is 14.7. The van der Waals surface area contributed by atoms with E-state index in [0.717, 1.165) is 0 Å². The summed E-state index contributed by atoms with van der Waals surface area (Å²) in [5.41, 5.74) is 0.453. The Labute approximate surface area is 114 Å². The molecule has 20 heavy (non-hydrogen) atoms. The second kappa shape index (κ2) is 5.74. The lowest BCUT2D eigenvalue weighted by Gasteiger charge is -2.21. The number of fused-ring (bicyclic) bond motifs is 1. The maximum absolute atomic E-state index is 11.3. The predicted octanol–water partition coefficient (Wildman–Crippen LogP) is 1.11. The van der Waals surface area contributed by atoms with Gasteiger partial charge in [-0.1, -0.05) is 6.92 Å². The molecular weight excluding hydrogens is 266 g/mol. The number of carbonyl (C=O) groups is 1. The quantitative estimate of drug-likeness (QED) is 0.550. The zero-order valence-corrected chi connectivity index (χ0v) is 10.9. The lowest BCUT2D eigenvalue weighted by molar-refractivity contribution is -0.384. The monoisotopic (exact) mass is 281 g/mol. The van der Waals surface area contributed by atoms with E-state index in [0.29, 0.717) is 12.1 Å². The van der Waals surface area contributed by atoms with E-state index in [2.05, 4.69) is 10.6 Å². The van der Waals surface area contributed by atoms with Gasteiger partial charge in [-0.05, 0) is 12.5 Å². The molecule has 3 N–H and O–H groups in total. The van der Waals surface area contributed by atoms with Crippen molar-refractivity contribution in [3.8, 4) is 5.75 Å². The Morgan fingerprint density at radius 2 is 2.35 bits per heavy atom. The number of hydrogen-bond donors (Lipinski definition) is 3. The van der Waals surface area contributed by atoms with E-state index < -0.39 is 4.92 Å². The Kier molecular flexibility index (Phi) is 4.04. The maximum atomic E-state index is 11.3. The highest BCUT2D eigenvalue weighted by molar-refractivity contribution is 5.96.